The van der Waals surface area contributed by atoms with Crippen LogP contribution in [0.4, 0.5) is 0 Å². The summed E-state index contributed by atoms with van der Waals surface area (Å²) in [4.78, 5) is 42.6. The van der Waals surface area contributed by atoms with Gasteiger partial charge in [0.25, 0.3) is 5.91 Å². The van der Waals surface area contributed by atoms with Gasteiger partial charge >= 0.3 is 5.97 Å². The van der Waals surface area contributed by atoms with Gasteiger partial charge in [0.2, 0.25) is 5.91 Å². The molecule has 27 heavy (non-hydrogen) atoms. The van der Waals surface area contributed by atoms with Gasteiger partial charge in [-0.3, -0.25) is 9.59 Å². The summed E-state index contributed by atoms with van der Waals surface area (Å²) in [6.07, 6.45) is 3.76. The number of carboxylic acid groups (broad SMARTS) is 1. The average molecular weight is 369 g/mol. The Kier molecular flexibility index (Phi) is 4.17. The van der Waals surface area contributed by atoms with Crippen molar-refractivity contribution in [3.05, 3.63) is 36.0 Å². The van der Waals surface area contributed by atoms with Crippen LogP contribution in [0.5, 0.6) is 0 Å². The average Bonchev–Trinajstić information content (AvgIpc) is 3.26. The second-order valence-corrected chi connectivity index (χ2v) is 7.78. The molecule has 3 heterocycles. The lowest BCUT2D eigenvalue weighted by Crippen LogP contribution is -2.44. The molecular formula is C20H23N3O4. The Morgan fingerprint density at radius 2 is 1.93 bits per heavy atom. The molecule has 0 unspecified atom stereocenters. The van der Waals surface area contributed by atoms with Crippen molar-refractivity contribution in [2.75, 3.05) is 19.6 Å². The third-order valence-corrected chi connectivity index (χ3v) is 6.11. The molecule has 2 fully saturated rings. The first-order chi connectivity index (χ1) is 12.9. The quantitative estimate of drug-likeness (QED) is 0.848. The lowest BCUT2D eigenvalue weighted by atomic mass is 9.76. The summed E-state index contributed by atoms with van der Waals surface area (Å²) in [7, 11) is 0. The molecule has 142 valence electrons. The third kappa shape index (κ3) is 3.07. The zero-order valence-corrected chi connectivity index (χ0v) is 15.3. The maximum atomic E-state index is 12.9. The van der Waals surface area contributed by atoms with Gasteiger partial charge in [0.1, 0.15) is 6.04 Å². The summed E-state index contributed by atoms with van der Waals surface area (Å²) < 4.78 is 0. The predicted octanol–water partition coefficient (Wildman–Crippen LogP) is 2.10. The minimum atomic E-state index is -0.945. The Morgan fingerprint density at radius 3 is 2.56 bits per heavy atom. The number of benzene rings is 1. The third-order valence-electron chi connectivity index (χ3n) is 6.11. The Bertz CT molecular complexity index is 887. The van der Waals surface area contributed by atoms with Gasteiger partial charge < -0.3 is 19.9 Å². The fourth-order valence-corrected chi connectivity index (χ4v) is 4.52. The number of carbonyl (C=O) groups excluding carboxylic acids is 2. The maximum absolute atomic E-state index is 12.9. The normalized spacial score (nSPS) is 21.7. The van der Waals surface area contributed by atoms with E-state index >= 15 is 0 Å². The number of H-pyrrole nitrogens is 1. The highest BCUT2D eigenvalue weighted by Gasteiger charge is 2.49. The van der Waals surface area contributed by atoms with Crippen molar-refractivity contribution in [3.8, 4) is 0 Å². The SMILES string of the molecule is CC(=O)N1CC2(CCN(C(=O)c3ccc4cc[nH]c4c3)CC2)C[C@@H]1C(=O)O. The van der Waals surface area contributed by atoms with E-state index < -0.39 is 12.0 Å². The van der Waals surface area contributed by atoms with Gasteiger partial charge in [-0.2, -0.15) is 0 Å². The number of carboxylic acids is 1. The first-order valence-corrected chi connectivity index (χ1v) is 9.25. The van der Waals surface area contributed by atoms with Gasteiger partial charge in [0.15, 0.2) is 0 Å². The van der Waals surface area contributed by atoms with Crippen LogP contribution in [-0.2, 0) is 9.59 Å². The van der Waals surface area contributed by atoms with Crippen molar-refractivity contribution in [3.63, 3.8) is 0 Å². The number of hydrogen-bond acceptors (Lipinski definition) is 3. The fraction of sp³-hybridized carbons (Fsp3) is 0.450. The highest BCUT2D eigenvalue weighted by atomic mass is 16.4. The molecule has 1 aromatic heterocycles. The fourth-order valence-electron chi connectivity index (χ4n) is 4.52. The monoisotopic (exact) mass is 369 g/mol. The minimum absolute atomic E-state index is 0.00226. The van der Waals surface area contributed by atoms with E-state index in [0.29, 0.717) is 31.6 Å². The smallest absolute Gasteiger partial charge is 0.326 e. The van der Waals surface area contributed by atoms with Gasteiger partial charge in [0.05, 0.1) is 0 Å². The van der Waals surface area contributed by atoms with Crippen LogP contribution in [0.1, 0.15) is 36.5 Å². The Hall–Kier alpha value is -2.83. The number of fused-ring (bicyclic) bond motifs is 1. The standard InChI is InChI=1S/C20H23N3O4/c1-13(24)23-12-20(11-17(23)19(26)27)5-8-22(9-6-20)18(25)15-3-2-14-4-7-21-16(14)10-15/h2-4,7,10,17,21H,5-6,8-9,11-12H2,1H3,(H,26,27)/t17-/m1/s1. The summed E-state index contributed by atoms with van der Waals surface area (Å²) in [5, 5.41) is 10.5. The van der Waals surface area contributed by atoms with Crippen LogP contribution in [0.3, 0.4) is 0 Å². The van der Waals surface area contributed by atoms with E-state index in [-0.39, 0.29) is 17.2 Å². The first-order valence-electron chi connectivity index (χ1n) is 9.25. The molecule has 7 nitrogen and oxygen atoms in total. The number of aromatic nitrogens is 1. The van der Waals surface area contributed by atoms with E-state index in [9.17, 15) is 19.5 Å². The Balaban J connectivity index is 1.46. The number of amides is 2. The summed E-state index contributed by atoms with van der Waals surface area (Å²) >= 11 is 0. The van der Waals surface area contributed by atoms with Crippen LogP contribution < -0.4 is 0 Å². The van der Waals surface area contributed by atoms with Crippen molar-refractivity contribution >= 4 is 28.7 Å². The number of rotatable bonds is 2. The van der Waals surface area contributed by atoms with Crippen LogP contribution in [0.15, 0.2) is 30.5 Å². The molecule has 2 saturated heterocycles. The number of nitrogens with one attached hydrogen (secondary N) is 1. The van der Waals surface area contributed by atoms with Crippen molar-refractivity contribution in [2.45, 2.75) is 32.2 Å². The molecule has 2 aliphatic heterocycles. The number of likely N-dealkylation sites (tertiary alicyclic amines) is 2. The van der Waals surface area contributed by atoms with Crippen LogP contribution in [0, 0.1) is 5.41 Å². The Labute approximate surface area is 156 Å². The predicted molar refractivity (Wildman–Crippen MR) is 99.3 cm³/mol. The molecule has 2 N–H and O–H groups in total. The second kappa shape index (κ2) is 6.40. The summed E-state index contributed by atoms with van der Waals surface area (Å²) in [5.41, 5.74) is 1.39. The van der Waals surface area contributed by atoms with Crippen molar-refractivity contribution in [1.29, 1.82) is 0 Å². The van der Waals surface area contributed by atoms with Crippen molar-refractivity contribution < 1.29 is 19.5 Å². The molecule has 0 radical (unpaired) electrons. The molecule has 1 aromatic carbocycles. The van der Waals surface area contributed by atoms with Gasteiger partial charge in [-0.1, -0.05) is 6.07 Å². The minimum Gasteiger partial charge on any atom is -0.480 e. The van der Waals surface area contributed by atoms with E-state index in [1.165, 1.54) is 11.8 Å². The van der Waals surface area contributed by atoms with E-state index in [4.69, 9.17) is 0 Å². The van der Waals surface area contributed by atoms with Gasteiger partial charge in [-0.05, 0) is 48.3 Å². The summed E-state index contributed by atoms with van der Waals surface area (Å²) in [6.45, 7) is 3.06. The molecule has 2 amide bonds. The Morgan fingerprint density at radius 1 is 1.19 bits per heavy atom. The van der Waals surface area contributed by atoms with Crippen LogP contribution >= 0.6 is 0 Å². The van der Waals surface area contributed by atoms with E-state index in [1.807, 2.05) is 35.4 Å². The largest absolute Gasteiger partial charge is 0.480 e. The first kappa shape index (κ1) is 17.6. The molecule has 7 heteroatoms. The number of carbonyl (C=O) groups is 3. The topological polar surface area (TPSA) is 93.7 Å². The summed E-state index contributed by atoms with van der Waals surface area (Å²) in [6, 6.07) is 6.86. The van der Waals surface area contributed by atoms with Crippen molar-refractivity contribution in [2.24, 2.45) is 5.41 Å². The zero-order valence-electron chi connectivity index (χ0n) is 15.3. The van der Waals surface area contributed by atoms with E-state index in [1.54, 1.807) is 0 Å². The van der Waals surface area contributed by atoms with Gasteiger partial charge in [-0.15, -0.1) is 0 Å². The molecule has 1 atom stereocenters. The molecule has 4 rings (SSSR count). The number of piperidine rings is 1. The number of aliphatic carboxylic acids is 1. The van der Waals surface area contributed by atoms with Gasteiger partial charge in [0, 0.05) is 43.8 Å². The number of hydrogen-bond donors (Lipinski definition) is 2. The van der Waals surface area contributed by atoms with Gasteiger partial charge in [-0.25, -0.2) is 4.79 Å². The molecule has 2 aromatic rings. The molecule has 0 bridgehead atoms. The van der Waals surface area contributed by atoms with E-state index in [0.717, 1.165) is 23.7 Å². The molecule has 2 aliphatic rings. The van der Waals surface area contributed by atoms with Crippen LogP contribution in [-0.4, -0.2) is 63.4 Å². The molecule has 0 aliphatic carbocycles. The second-order valence-electron chi connectivity index (χ2n) is 7.78. The van der Waals surface area contributed by atoms with E-state index in [2.05, 4.69) is 4.98 Å². The number of nitrogens with zero attached hydrogens (tertiary/aromatic N) is 2. The zero-order chi connectivity index (χ0) is 19.2. The van der Waals surface area contributed by atoms with Crippen molar-refractivity contribution in [1.82, 2.24) is 14.8 Å². The molecular weight excluding hydrogens is 346 g/mol. The highest BCUT2D eigenvalue weighted by Crippen LogP contribution is 2.43. The molecule has 1 spiro atoms. The number of aromatic amines is 1. The van der Waals surface area contributed by atoms with Crippen LogP contribution in [0.25, 0.3) is 10.9 Å². The van der Waals surface area contributed by atoms with Crippen LogP contribution in [0.2, 0.25) is 0 Å². The lowest BCUT2D eigenvalue weighted by molar-refractivity contribution is -0.147. The highest BCUT2D eigenvalue weighted by molar-refractivity contribution is 5.98. The summed E-state index contributed by atoms with van der Waals surface area (Å²) in [5.74, 6) is -1.14. The lowest BCUT2D eigenvalue weighted by Gasteiger charge is -2.39. The maximum Gasteiger partial charge on any atom is 0.326 e. The molecule has 0 saturated carbocycles.